The van der Waals surface area contributed by atoms with Gasteiger partial charge in [0.15, 0.2) is 0 Å². The summed E-state index contributed by atoms with van der Waals surface area (Å²) < 4.78 is 4.80. The van der Waals surface area contributed by atoms with E-state index in [1.54, 1.807) is 0 Å². The van der Waals surface area contributed by atoms with E-state index in [4.69, 9.17) is 4.74 Å². The van der Waals surface area contributed by atoms with Gasteiger partial charge in [-0.25, -0.2) is 0 Å². The molecule has 1 atom stereocenters. The van der Waals surface area contributed by atoms with Crippen molar-refractivity contribution < 1.29 is 9.53 Å². The summed E-state index contributed by atoms with van der Waals surface area (Å²) in [6.45, 7) is 5.17. The molecule has 0 heterocycles. The lowest BCUT2D eigenvalue weighted by Gasteiger charge is -2.40. The Morgan fingerprint density at radius 2 is 2.00 bits per heavy atom. The average Bonchev–Trinajstić information content (AvgIpc) is 2.30. The minimum atomic E-state index is -0.103. The van der Waals surface area contributed by atoms with Crippen molar-refractivity contribution in [1.82, 2.24) is 5.32 Å². The highest BCUT2D eigenvalue weighted by Crippen LogP contribution is 2.34. The Kier molecular flexibility index (Phi) is 5.26. The van der Waals surface area contributed by atoms with Gasteiger partial charge in [0.05, 0.1) is 13.5 Å². The maximum Gasteiger partial charge on any atom is 0.307 e. The van der Waals surface area contributed by atoms with E-state index in [2.05, 4.69) is 19.2 Å². The van der Waals surface area contributed by atoms with Crippen molar-refractivity contribution in [3.05, 3.63) is 0 Å². The standard InChI is InChI=1S/C13H25NO2/c1-4-14-13(2,10-12(15)16-3)11-8-6-5-7-9-11/h11,14H,4-10H2,1-3H3. The van der Waals surface area contributed by atoms with Gasteiger partial charge >= 0.3 is 5.97 Å². The molecule has 1 saturated carbocycles. The van der Waals surface area contributed by atoms with E-state index in [9.17, 15) is 4.79 Å². The molecule has 16 heavy (non-hydrogen) atoms. The van der Waals surface area contributed by atoms with Crippen LogP contribution in [0.2, 0.25) is 0 Å². The molecule has 1 fully saturated rings. The lowest BCUT2D eigenvalue weighted by Crippen LogP contribution is -2.51. The number of hydrogen-bond acceptors (Lipinski definition) is 3. The van der Waals surface area contributed by atoms with E-state index < -0.39 is 0 Å². The molecular formula is C13H25NO2. The summed E-state index contributed by atoms with van der Waals surface area (Å²) in [6, 6.07) is 0. The van der Waals surface area contributed by atoms with Crippen molar-refractivity contribution >= 4 is 5.97 Å². The summed E-state index contributed by atoms with van der Waals surface area (Å²) in [5, 5.41) is 3.49. The smallest absolute Gasteiger partial charge is 0.307 e. The molecule has 1 aliphatic rings. The molecule has 1 unspecified atom stereocenters. The molecule has 3 nitrogen and oxygen atoms in total. The highest BCUT2D eigenvalue weighted by molar-refractivity contribution is 5.70. The highest BCUT2D eigenvalue weighted by Gasteiger charge is 2.36. The molecule has 0 bridgehead atoms. The van der Waals surface area contributed by atoms with E-state index in [0.717, 1.165) is 6.54 Å². The second kappa shape index (κ2) is 6.24. The summed E-state index contributed by atoms with van der Waals surface area (Å²) >= 11 is 0. The van der Waals surface area contributed by atoms with Crippen LogP contribution in [0.25, 0.3) is 0 Å². The van der Waals surface area contributed by atoms with Crippen LogP contribution in [0.1, 0.15) is 52.4 Å². The lowest BCUT2D eigenvalue weighted by molar-refractivity contribution is -0.143. The van der Waals surface area contributed by atoms with Crippen LogP contribution >= 0.6 is 0 Å². The molecule has 0 aromatic rings. The maximum absolute atomic E-state index is 11.5. The predicted molar refractivity (Wildman–Crippen MR) is 65.3 cm³/mol. The van der Waals surface area contributed by atoms with Crippen molar-refractivity contribution in [1.29, 1.82) is 0 Å². The fourth-order valence-corrected chi connectivity index (χ4v) is 2.87. The Bertz CT molecular complexity index is 224. The Balaban J connectivity index is 2.64. The van der Waals surface area contributed by atoms with Crippen LogP contribution in [0.4, 0.5) is 0 Å². The van der Waals surface area contributed by atoms with Gasteiger partial charge in [0, 0.05) is 5.54 Å². The highest BCUT2D eigenvalue weighted by atomic mass is 16.5. The number of hydrogen-bond donors (Lipinski definition) is 1. The first-order valence-corrected chi connectivity index (χ1v) is 6.44. The molecule has 1 aliphatic carbocycles. The summed E-state index contributed by atoms with van der Waals surface area (Å²) in [6.07, 6.45) is 6.90. The molecule has 1 rings (SSSR count). The van der Waals surface area contributed by atoms with Crippen LogP contribution in [-0.4, -0.2) is 25.2 Å². The fourth-order valence-electron chi connectivity index (χ4n) is 2.87. The predicted octanol–water partition coefficient (Wildman–Crippen LogP) is 2.50. The van der Waals surface area contributed by atoms with Crippen molar-refractivity contribution in [3.63, 3.8) is 0 Å². The number of methoxy groups -OCH3 is 1. The van der Waals surface area contributed by atoms with Crippen LogP contribution in [0.5, 0.6) is 0 Å². The topological polar surface area (TPSA) is 38.3 Å². The first-order chi connectivity index (χ1) is 7.62. The number of carbonyl (C=O) groups is 1. The Hall–Kier alpha value is -0.570. The third-order valence-corrected chi connectivity index (χ3v) is 3.83. The zero-order valence-electron chi connectivity index (χ0n) is 10.8. The van der Waals surface area contributed by atoms with Crippen molar-refractivity contribution in [3.8, 4) is 0 Å². The number of esters is 1. The first kappa shape index (κ1) is 13.5. The molecule has 0 aromatic heterocycles. The van der Waals surface area contributed by atoms with Gasteiger partial charge < -0.3 is 10.1 Å². The maximum atomic E-state index is 11.5. The number of rotatable bonds is 5. The molecule has 94 valence electrons. The zero-order chi connectivity index (χ0) is 12.0. The molecule has 3 heteroatoms. The van der Waals surface area contributed by atoms with Crippen LogP contribution in [-0.2, 0) is 9.53 Å². The average molecular weight is 227 g/mol. The van der Waals surface area contributed by atoms with Gasteiger partial charge in [-0.2, -0.15) is 0 Å². The summed E-state index contributed by atoms with van der Waals surface area (Å²) in [4.78, 5) is 11.5. The largest absolute Gasteiger partial charge is 0.469 e. The van der Waals surface area contributed by atoms with E-state index in [1.165, 1.54) is 39.2 Å². The van der Waals surface area contributed by atoms with Gasteiger partial charge in [-0.05, 0) is 32.2 Å². The summed E-state index contributed by atoms with van der Waals surface area (Å²) in [7, 11) is 1.47. The third kappa shape index (κ3) is 3.48. The second-order valence-electron chi connectivity index (χ2n) is 5.04. The molecule has 0 spiro atoms. The van der Waals surface area contributed by atoms with Gasteiger partial charge in [0.25, 0.3) is 0 Å². The Morgan fingerprint density at radius 1 is 1.38 bits per heavy atom. The number of carbonyl (C=O) groups excluding carboxylic acids is 1. The monoisotopic (exact) mass is 227 g/mol. The fraction of sp³-hybridized carbons (Fsp3) is 0.923. The van der Waals surface area contributed by atoms with Crippen molar-refractivity contribution in [2.24, 2.45) is 5.92 Å². The summed E-state index contributed by atoms with van der Waals surface area (Å²) in [5.41, 5.74) is -0.0811. The van der Waals surface area contributed by atoms with Crippen LogP contribution < -0.4 is 5.32 Å². The van der Waals surface area contributed by atoms with Gasteiger partial charge in [-0.15, -0.1) is 0 Å². The number of ether oxygens (including phenoxy) is 1. The van der Waals surface area contributed by atoms with Crippen LogP contribution in [0, 0.1) is 5.92 Å². The van der Waals surface area contributed by atoms with Crippen LogP contribution in [0.15, 0.2) is 0 Å². The normalized spacial score (nSPS) is 21.4. The lowest BCUT2D eigenvalue weighted by atomic mass is 9.74. The van der Waals surface area contributed by atoms with Crippen molar-refractivity contribution in [2.75, 3.05) is 13.7 Å². The Labute approximate surface area is 98.9 Å². The molecule has 0 aromatic carbocycles. The van der Waals surface area contributed by atoms with Crippen molar-refractivity contribution in [2.45, 2.75) is 57.9 Å². The van der Waals surface area contributed by atoms with Gasteiger partial charge in [-0.3, -0.25) is 4.79 Å². The minimum Gasteiger partial charge on any atom is -0.469 e. The quantitative estimate of drug-likeness (QED) is 0.733. The third-order valence-electron chi connectivity index (χ3n) is 3.83. The van der Waals surface area contributed by atoms with E-state index in [0.29, 0.717) is 12.3 Å². The van der Waals surface area contributed by atoms with E-state index in [1.807, 2.05) is 0 Å². The Morgan fingerprint density at radius 3 is 2.50 bits per heavy atom. The molecule has 1 N–H and O–H groups in total. The van der Waals surface area contributed by atoms with Gasteiger partial charge in [0.2, 0.25) is 0 Å². The molecule has 0 radical (unpaired) electrons. The van der Waals surface area contributed by atoms with Gasteiger partial charge in [-0.1, -0.05) is 26.2 Å². The molecule has 0 amide bonds. The van der Waals surface area contributed by atoms with E-state index in [-0.39, 0.29) is 11.5 Å². The number of nitrogens with one attached hydrogen (secondary N) is 1. The molecule has 0 saturated heterocycles. The van der Waals surface area contributed by atoms with E-state index >= 15 is 0 Å². The second-order valence-corrected chi connectivity index (χ2v) is 5.04. The molecule has 0 aliphatic heterocycles. The SMILES string of the molecule is CCNC(C)(CC(=O)OC)C1CCCCC1. The molecular weight excluding hydrogens is 202 g/mol. The van der Waals surface area contributed by atoms with Crippen LogP contribution in [0.3, 0.4) is 0 Å². The first-order valence-electron chi connectivity index (χ1n) is 6.44. The summed E-state index contributed by atoms with van der Waals surface area (Å²) in [5.74, 6) is 0.509. The zero-order valence-corrected chi connectivity index (χ0v) is 10.8. The minimum absolute atomic E-state index is 0.0811. The van der Waals surface area contributed by atoms with Gasteiger partial charge in [0.1, 0.15) is 0 Å².